The Morgan fingerprint density at radius 2 is 1.51 bits per heavy atom. The average Bonchev–Trinajstić information content (AvgIpc) is 3.33. The number of halogens is 2. The van der Waals surface area contributed by atoms with E-state index in [1.807, 2.05) is 48.5 Å². The maximum Gasteiger partial charge on any atom is 0.273 e. The van der Waals surface area contributed by atoms with Crippen LogP contribution in [0.1, 0.15) is 28.9 Å². The molecule has 1 N–H and O–H groups in total. The molecule has 0 atom stereocenters. The number of nitrogens with zero attached hydrogens (tertiary/aromatic N) is 2. The fourth-order valence-corrected chi connectivity index (χ4v) is 5.50. The van der Waals surface area contributed by atoms with Crippen LogP contribution in [0.5, 0.6) is 5.75 Å². The van der Waals surface area contributed by atoms with Crippen LogP contribution in [0.2, 0.25) is 10.0 Å². The SMILES string of the molecule is COc1ccc(-c2cn3c(C(=O)Nc4ccc(Cl)cc4)c(-c4ccc(Cl)cc4)c4c3n2CCCC4)cc1. The zero-order valence-corrected chi connectivity index (χ0v) is 21.8. The first-order valence-electron chi connectivity index (χ1n) is 12.3. The number of benzene rings is 3. The third-order valence-corrected chi connectivity index (χ3v) is 7.47. The van der Waals surface area contributed by atoms with Crippen LogP contribution < -0.4 is 10.1 Å². The van der Waals surface area contributed by atoms with Crippen molar-refractivity contribution in [2.24, 2.45) is 0 Å². The summed E-state index contributed by atoms with van der Waals surface area (Å²) in [6.45, 7) is 0.882. The number of aromatic nitrogens is 2. The first-order valence-corrected chi connectivity index (χ1v) is 13.0. The molecule has 6 rings (SSSR count). The Labute approximate surface area is 225 Å². The number of methoxy groups -OCH3 is 1. The van der Waals surface area contributed by atoms with Crippen LogP contribution >= 0.6 is 23.2 Å². The first kappa shape index (κ1) is 23.7. The molecule has 0 aliphatic carbocycles. The molecule has 5 nitrogen and oxygen atoms in total. The highest BCUT2D eigenvalue weighted by atomic mass is 35.5. The van der Waals surface area contributed by atoms with Gasteiger partial charge in [-0.3, -0.25) is 9.20 Å². The van der Waals surface area contributed by atoms with Crippen molar-refractivity contribution in [3.63, 3.8) is 0 Å². The van der Waals surface area contributed by atoms with Gasteiger partial charge in [0, 0.05) is 39.6 Å². The van der Waals surface area contributed by atoms with Gasteiger partial charge in [-0.25, -0.2) is 0 Å². The normalized spacial score (nSPS) is 12.9. The molecule has 0 unspecified atom stereocenters. The zero-order valence-electron chi connectivity index (χ0n) is 20.3. The molecule has 1 aliphatic rings. The number of nitrogens with one attached hydrogen (secondary N) is 1. The summed E-state index contributed by atoms with van der Waals surface area (Å²) in [6, 6.07) is 23.0. The molecule has 1 amide bonds. The average molecular weight is 530 g/mol. The van der Waals surface area contributed by atoms with Crippen molar-refractivity contribution >= 4 is 40.4 Å². The Morgan fingerprint density at radius 1 is 0.865 bits per heavy atom. The second kappa shape index (κ2) is 9.66. The standard InChI is InChI=1S/C30H25Cl2N3O2/c1-37-24-15-7-19(8-16-24)26-18-35-28(29(36)33-23-13-11-22(32)12-14-23)27(20-5-9-21(31)10-6-20)25-4-2-3-17-34(26)30(25)35/h5-16,18H,2-4,17H2,1H3,(H,33,36). The van der Waals surface area contributed by atoms with Crippen LogP contribution in [0, 0.1) is 0 Å². The molecule has 0 bridgehead atoms. The van der Waals surface area contributed by atoms with E-state index in [0.717, 1.165) is 59.6 Å². The first-order chi connectivity index (χ1) is 18.0. The van der Waals surface area contributed by atoms with Crippen LogP contribution in [0.25, 0.3) is 28.0 Å². The van der Waals surface area contributed by atoms with Crippen molar-refractivity contribution in [3.05, 3.63) is 100 Å². The van der Waals surface area contributed by atoms with E-state index >= 15 is 0 Å². The number of hydrogen-bond donors (Lipinski definition) is 1. The van der Waals surface area contributed by atoms with Crippen molar-refractivity contribution in [2.45, 2.75) is 25.8 Å². The molecule has 0 saturated carbocycles. The molecule has 37 heavy (non-hydrogen) atoms. The van der Waals surface area contributed by atoms with Gasteiger partial charge in [-0.2, -0.15) is 0 Å². The number of aryl methyl sites for hydroxylation is 2. The maximum absolute atomic E-state index is 13.9. The Bertz CT molecular complexity index is 1600. The third kappa shape index (κ3) is 4.28. The van der Waals surface area contributed by atoms with Gasteiger partial charge in [-0.05, 0) is 91.1 Å². The molecule has 7 heteroatoms. The van der Waals surface area contributed by atoms with Crippen LogP contribution in [0.3, 0.4) is 0 Å². The van der Waals surface area contributed by atoms with E-state index in [2.05, 4.69) is 32.6 Å². The summed E-state index contributed by atoms with van der Waals surface area (Å²) in [6.07, 6.45) is 5.08. The minimum Gasteiger partial charge on any atom is -0.497 e. The van der Waals surface area contributed by atoms with E-state index in [1.54, 1.807) is 19.2 Å². The molecule has 186 valence electrons. The van der Waals surface area contributed by atoms with Gasteiger partial charge in [0.2, 0.25) is 0 Å². The molecule has 2 aromatic heterocycles. The van der Waals surface area contributed by atoms with E-state index in [0.29, 0.717) is 21.4 Å². The van der Waals surface area contributed by atoms with Crippen molar-refractivity contribution < 1.29 is 9.53 Å². The highest BCUT2D eigenvalue weighted by Crippen LogP contribution is 2.40. The number of carbonyl (C=O) groups is 1. The summed E-state index contributed by atoms with van der Waals surface area (Å²) in [5.41, 5.74) is 7.63. The molecule has 0 spiro atoms. The van der Waals surface area contributed by atoms with Gasteiger partial charge in [0.05, 0.1) is 12.8 Å². The zero-order chi connectivity index (χ0) is 25.5. The summed E-state index contributed by atoms with van der Waals surface area (Å²) in [4.78, 5) is 13.9. The van der Waals surface area contributed by atoms with E-state index in [1.165, 1.54) is 5.56 Å². The molecule has 3 aromatic carbocycles. The fourth-order valence-electron chi connectivity index (χ4n) is 5.25. The summed E-state index contributed by atoms with van der Waals surface area (Å²) >= 11 is 12.3. The minimum absolute atomic E-state index is 0.174. The summed E-state index contributed by atoms with van der Waals surface area (Å²) in [5.74, 6) is 0.638. The number of anilines is 1. The van der Waals surface area contributed by atoms with Gasteiger partial charge in [0.25, 0.3) is 5.91 Å². The smallest absolute Gasteiger partial charge is 0.273 e. The number of ether oxygens (including phenoxy) is 1. The van der Waals surface area contributed by atoms with Crippen molar-refractivity contribution in [1.29, 1.82) is 0 Å². The summed E-state index contributed by atoms with van der Waals surface area (Å²) < 4.78 is 9.78. The number of imidazole rings is 1. The second-order valence-corrected chi connectivity index (χ2v) is 10.1. The molecular formula is C30H25Cl2N3O2. The van der Waals surface area contributed by atoms with Crippen LogP contribution in [0.4, 0.5) is 5.69 Å². The van der Waals surface area contributed by atoms with Gasteiger partial charge in [0.1, 0.15) is 17.1 Å². The van der Waals surface area contributed by atoms with Crippen molar-refractivity contribution in [1.82, 2.24) is 8.97 Å². The van der Waals surface area contributed by atoms with Gasteiger partial charge < -0.3 is 14.6 Å². The molecular weight excluding hydrogens is 505 g/mol. The highest BCUT2D eigenvalue weighted by Gasteiger charge is 2.29. The third-order valence-electron chi connectivity index (χ3n) is 6.97. The largest absolute Gasteiger partial charge is 0.497 e. The highest BCUT2D eigenvalue weighted by molar-refractivity contribution is 6.31. The fraction of sp³-hybridized carbons (Fsp3) is 0.167. The van der Waals surface area contributed by atoms with E-state index in [4.69, 9.17) is 27.9 Å². The van der Waals surface area contributed by atoms with E-state index in [9.17, 15) is 4.79 Å². The van der Waals surface area contributed by atoms with Gasteiger partial charge >= 0.3 is 0 Å². The number of amides is 1. The van der Waals surface area contributed by atoms with Crippen LogP contribution in [-0.4, -0.2) is 22.0 Å². The minimum atomic E-state index is -0.174. The van der Waals surface area contributed by atoms with E-state index in [-0.39, 0.29) is 5.91 Å². The van der Waals surface area contributed by atoms with Gasteiger partial charge in [-0.1, -0.05) is 35.3 Å². The van der Waals surface area contributed by atoms with Crippen molar-refractivity contribution in [3.8, 4) is 28.1 Å². The predicted octanol–water partition coefficient (Wildman–Crippen LogP) is 7.98. The lowest BCUT2D eigenvalue weighted by Gasteiger charge is -2.11. The molecule has 1 aliphatic heterocycles. The van der Waals surface area contributed by atoms with E-state index < -0.39 is 0 Å². The number of hydrogen-bond acceptors (Lipinski definition) is 2. The molecule has 5 aromatic rings. The Balaban J connectivity index is 1.58. The van der Waals surface area contributed by atoms with Crippen LogP contribution in [0.15, 0.2) is 79.0 Å². The number of carbonyl (C=O) groups excluding carboxylic acids is 1. The van der Waals surface area contributed by atoms with Gasteiger partial charge in [-0.15, -0.1) is 0 Å². The molecule has 3 heterocycles. The monoisotopic (exact) mass is 529 g/mol. The summed E-state index contributed by atoms with van der Waals surface area (Å²) in [7, 11) is 1.67. The predicted molar refractivity (Wildman–Crippen MR) is 150 cm³/mol. The lowest BCUT2D eigenvalue weighted by Crippen LogP contribution is -2.15. The Hall–Kier alpha value is -3.67. The van der Waals surface area contributed by atoms with Crippen molar-refractivity contribution in [2.75, 3.05) is 12.4 Å². The second-order valence-electron chi connectivity index (χ2n) is 9.22. The lowest BCUT2D eigenvalue weighted by atomic mass is 9.97. The van der Waals surface area contributed by atoms with Gasteiger partial charge in [0.15, 0.2) is 0 Å². The van der Waals surface area contributed by atoms with Crippen LogP contribution in [-0.2, 0) is 13.0 Å². The Kier molecular flexibility index (Phi) is 6.19. The lowest BCUT2D eigenvalue weighted by molar-refractivity contribution is 0.102. The molecule has 0 radical (unpaired) electrons. The summed E-state index contributed by atoms with van der Waals surface area (Å²) in [5, 5.41) is 4.37. The molecule has 0 saturated heterocycles. The number of rotatable bonds is 5. The Morgan fingerprint density at radius 3 is 2.19 bits per heavy atom. The maximum atomic E-state index is 13.9. The quantitative estimate of drug-likeness (QED) is 0.251. The molecule has 0 fully saturated rings. The topological polar surface area (TPSA) is 47.7 Å².